The van der Waals surface area contributed by atoms with E-state index in [4.69, 9.17) is 33.8 Å². The Hall–Kier alpha value is -5.16. The first-order valence-corrected chi connectivity index (χ1v) is 15.3. The van der Waals surface area contributed by atoms with Gasteiger partial charge in [0, 0.05) is 43.8 Å². The van der Waals surface area contributed by atoms with Crippen molar-refractivity contribution in [2.75, 3.05) is 0 Å². The minimum Gasteiger partial charge on any atom is -0.324 e. The average Bonchev–Trinajstić information content (AvgIpc) is 3.78. The quantitative estimate of drug-likeness (QED) is 0.198. The minimum absolute atomic E-state index is 0.0625. The maximum Gasteiger partial charge on any atom is 0.164 e. The summed E-state index contributed by atoms with van der Waals surface area (Å²) in [5, 5.41) is 3.82. The zero-order valence-corrected chi connectivity index (χ0v) is 26.6. The molecule has 9 nitrogen and oxygen atoms in total. The van der Waals surface area contributed by atoms with E-state index in [-0.39, 0.29) is 19.0 Å². The molecule has 3 N–H and O–H groups in total. The normalized spacial score (nSPS) is 11.5. The topological polar surface area (TPSA) is 129 Å². The fourth-order valence-corrected chi connectivity index (χ4v) is 5.59. The van der Waals surface area contributed by atoms with Crippen molar-refractivity contribution in [3.8, 4) is 45.6 Å². The van der Waals surface area contributed by atoms with Crippen LogP contribution in [0.5, 0.6) is 0 Å². The predicted molar refractivity (Wildman–Crippen MR) is 167 cm³/mol. The first-order chi connectivity index (χ1) is 20.8. The molecule has 0 saturated carbocycles. The molecule has 2 aliphatic rings. The van der Waals surface area contributed by atoms with Crippen LogP contribution in [0.25, 0.3) is 89.7 Å². The molecule has 0 fully saturated rings. The molecule has 0 saturated heterocycles. The minimum atomic E-state index is 0.0625. The van der Waals surface area contributed by atoms with Gasteiger partial charge in [-0.1, -0.05) is 97.1 Å². The number of nitrogens with zero attached hydrogens (tertiary/aromatic N) is 6. The van der Waals surface area contributed by atoms with E-state index in [1.807, 2.05) is 97.1 Å². The van der Waals surface area contributed by atoms with Crippen LogP contribution >= 0.6 is 0 Å². The first kappa shape index (κ1) is 24.6. The fourth-order valence-electron chi connectivity index (χ4n) is 5.59. The molecule has 9 rings (SSSR count). The van der Waals surface area contributed by atoms with Crippen LogP contribution in [-0.2, 0) is 0 Å². The van der Waals surface area contributed by atoms with Gasteiger partial charge in [0.1, 0.15) is 22.6 Å². The summed E-state index contributed by atoms with van der Waals surface area (Å²) in [5.41, 5.74) is 6.45. The number of rotatable bonds is 0. The zero-order valence-electron chi connectivity index (χ0n) is 22.4. The summed E-state index contributed by atoms with van der Waals surface area (Å²) >= 11 is 0.0625. The van der Waals surface area contributed by atoms with Crippen molar-refractivity contribution in [1.29, 1.82) is 0 Å². The van der Waals surface area contributed by atoms with Gasteiger partial charge < -0.3 is 9.97 Å². The van der Waals surface area contributed by atoms with E-state index >= 15 is 0 Å². The third-order valence-electron chi connectivity index (χ3n) is 7.46. The van der Waals surface area contributed by atoms with Crippen LogP contribution in [0.2, 0.25) is 0 Å². The van der Waals surface area contributed by atoms with Crippen molar-refractivity contribution in [3.05, 3.63) is 97.1 Å². The SMILES string of the molecule is [OH][GaH2].c1ccc2c(c1)-c1nc-2nc2[nH]c(nc3nc(nc4[nH]c(n1)c1ccccc41)-c1ccccc1-3)c1ccccc21. The van der Waals surface area contributed by atoms with Crippen molar-refractivity contribution in [3.63, 3.8) is 0 Å². The number of nitrogens with one attached hydrogen (secondary N) is 2. The molecule has 0 spiro atoms. The Balaban J connectivity index is 0.00000131. The summed E-state index contributed by atoms with van der Waals surface area (Å²) in [6.45, 7) is 0. The van der Waals surface area contributed by atoms with Gasteiger partial charge in [0.05, 0.1) is 0 Å². The second kappa shape index (κ2) is 9.74. The number of hydrogen-bond acceptors (Lipinski definition) is 7. The number of H-pyrrole nitrogens is 2. The summed E-state index contributed by atoms with van der Waals surface area (Å²) in [7, 11) is 0. The number of aromatic nitrogens is 8. The predicted octanol–water partition coefficient (Wildman–Crippen LogP) is 5.40. The van der Waals surface area contributed by atoms with Gasteiger partial charge in [0.15, 0.2) is 23.3 Å². The molecule has 7 aromatic rings. The van der Waals surface area contributed by atoms with Gasteiger partial charge in [0.2, 0.25) is 0 Å². The van der Waals surface area contributed by atoms with E-state index in [0.717, 1.165) is 43.8 Å². The number of fused-ring (bicyclic) bond motifs is 20. The van der Waals surface area contributed by atoms with Crippen LogP contribution in [-0.4, -0.2) is 62.7 Å². The summed E-state index contributed by atoms with van der Waals surface area (Å²) in [6.07, 6.45) is 0. The van der Waals surface area contributed by atoms with Crippen LogP contribution in [0, 0.1) is 0 Å². The van der Waals surface area contributed by atoms with Gasteiger partial charge >= 0.3 is 22.9 Å². The van der Waals surface area contributed by atoms with Crippen LogP contribution in [0.4, 0.5) is 0 Å². The summed E-state index contributed by atoms with van der Waals surface area (Å²) < 4.78 is 7.19. The molecule has 0 amide bonds. The Morgan fingerprint density at radius 3 is 0.857 bits per heavy atom. The van der Waals surface area contributed by atoms with Gasteiger partial charge in [-0.2, -0.15) is 0 Å². The Morgan fingerprint density at radius 1 is 0.357 bits per heavy atom. The van der Waals surface area contributed by atoms with Crippen LogP contribution in [0.1, 0.15) is 0 Å². The zero-order chi connectivity index (χ0) is 28.2. The van der Waals surface area contributed by atoms with E-state index in [1.54, 1.807) is 0 Å². The molecule has 10 heteroatoms. The molecular formula is C32H21GaN8O. The number of benzene rings is 4. The maximum absolute atomic E-state index is 7.19. The van der Waals surface area contributed by atoms with Gasteiger partial charge in [-0.3, -0.25) is 0 Å². The van der Waals surface area contributed by atoms with E-state index in [9.17, 15) is 0 Å². The van der Waals surface area contributed by atoms with Gasteiger partial charge in [-0.15, -0.1) is 0 Å². The summed E-state index contributed by atoms with van der Waals surface area (Å²) in [5.74, 6) is 2.39. The van der Waals surface area contributed by atoms with Crippen LogP contribution in [0.3, 0.4) is 0 Å². The van der Waals surface area contributed by atoms with Crippen LogP contribution < -0.4 is 0 Å². The van der Waals surface area contributed by atoms with Gasteiger partial charge in [0.25, 0.3) is 0 Å². The molecule has 2 aliphatic heterocycles. The molecular weight excluding hydrogens is 582 g/mol. The maximum atomic E-state index is 7.19. The number of hydrogen-bond donors (Lipinski definition) is 3. The van der Waals surface area contributed by atoms with E-state index in [0.29, 0.717) is 45.9 Å². The first-order valence-electron chi connectivity index (χ1n) is 13.4. The third-order valence-corrected chi connectivity index (χ3v) is 7.46. The number of aromatic amines is 2. The van der Waals surface area contributed by atoms with E-state index in [1.165, 1.54) is 0 Å². The standard InChI is InChI=1S/C32H18N8.Ga.H2O.2H/c1-2-10-18-17(9-1)25-33-26(18)38-28-21-13-5-6-14-22(21)30(35-28)40-32-24-16-8-7-15-23(24)31(36-32)39-29-20-12-4-3-11-19(20)27(34-29)37-25;;;;/h1-16H,(H2,33,34,35,36,37,38,39,40);;1H2;;/q;+1;;;/p-1. The molecule has 0 atom stereocenters. The molecule has 3 aromatic heterocycles. The average molecular weight is 603 g/mol. The van der Waals surface area contributed by atoms with E-state index < -0.39 is 0 Å². The Bertz CT molecular complexity index is 2040. The second-order valence-corrected chi connectivity index (χ2v) is 9.79. The van der Waals surface area contributed by atoms with Crippen molar-refractivity contribution in [1.82, 2.24) is 39.9 Å². The fraction of sp³-hybridized carbons (Fsp3) is 0. The van der Waals surface area contributed by atoms with Crippen molar-refractivity contribution in [2.45, 2.75) is 0 Å². The van der Waals surface area contributed by atoms with Crippen molar-refractivity contribution >= 4 is 63.1 Å². The molecule has 4 aromatic carbocycles. The molecule has 8 bridgehead atoms. The van der Waals surface area contributed by atoms with E-state index in [2.05, 4.69) is 9.97 Å². The molecule has 198 valence electrons. The van der Waals surface area contributed by atoms with Gasteiger partial charge in [-0.05, 0) is 0 Å². The Morgan fingerprint density at radius 2 is 0.595 bits per heavy atom. The smallest absolute Gasteiger partial charge is 0.164 e. The Labute approximate surface area is 248 Å². The van der Waals surface area contributed by atoms with Crippen molar-refractivity contribution < 1.29 is 3.90 Å². The molecule has 0 unspecified atom stereocenters. The molecule has 42 heavy (non-hydrogen) atoms. The van der Waals surface area contributed by atoms with Gasteiger partial charge in [-0.25, -0.2) is 29.9 Å². The molecule has 0 radical (unpaired) electrons. The van der Waals surface area contributed by atoms with Crippen molar-refractivity contribution in [2.24, 2.45) is 0 Å². The largest absolute Gasteiger partial charge is 0.324 e. The second-order valence-electron chi connectivity index (χ2n) is 9.79. The van der Waals surface area contributed by atoms with Crippen LogP contribution in [0.15, 0.2) is 97.1 Å². The molecule has 0 aliphatic carbocycles. The summed E-state index contributed by atoms with van der Waals surface area (Å²) in [6, 6.07) is 32.2. The summed E-state index contributed by atoms with van der Waals surface area (Å²) in [4.78, 5) is 36.8. The molecule has 5 heterocycles. The third kappa shape index (κ3) is 3.77. The Kier molecular flexibility index (Phi) is 5.71. The monoisotopic (exact) mass is 602 g/mol.